The molecule has 4 nitrogen and oxygen atoms in total. The molecule has 112 valence electrons. The Labute approximate surface area is 126 Å². The van der Waals surface area contributed by atoms with Gasteiger partial charge in [-0.3, -0.25) is 4.68 Å². The van der Waals surface area contributed by atoms with Crippen molar-refractivity contribution in [1.29, 1.82) is 0 Å². The molecule has 1 aliphatic heterocycles. The summed E-state index contributed by atoms with van der Waals surface area (Å²) in [7, 11) is 1.71. The molecular weight excluding hydrogens is 262 g/mol. The zero-order valence-electron chi connectivity index (χ0n) is 12.7. The molecule has 1 saturated heterocycles. The van der Waals surface area contributed by atoms with Gasteiger partial charge in [0, 0.05) is 23.9 Å². The lowest BCUT2D eigenvalue weighted by Crippen LogP contribution is -2.32. The molecule has 0 unspecified atom stereocenters. The number of nitrogens with zero attached hydrogens (tertiary/aromatic N) is 3. The van der Waals surface area contributed by atoms with Crippen LogP contribution in [-0.2, 0) is 6.54 Å². The Balaban J connectivity index is 1.65. The summed E-state index contributed by atoms with van der Waals surface area (Å²) < 4.78 is 7.46. The molecule has 1 aromatic heterocycles. The van der Waals surface area contributed by atoms with Gasteiger partial charge in [-0.1, -0.05) is 24.6 Å². The molecule has 1 aliphatic rings. The van der Waals surface area contributed by atoms with Crippen molar-refractivity contribution in [2.24, 2.45) is 0 Å². The number of rotatable bonds is 5. The van der Waals surface area contributed by atoms with Crippen molar-refractivity contribution in [3.63, 3.8) is 0 Å². The Bertz CT molecular complexity index is 573. The lowest BCUT2D eigenvalue weighted by Gasteiger charge is -2.26. The van der Waals surface area contributed by atoms with Crippen molar-refractivity contribution in [3.8, 4) is 16.9 Å². The first-order valence-electron chi connectivity index (χ1n) is 7.75. The van der Waals surface area contributed by atoms with Gasteiger partial charge in [-0.25, -0.2) is 0 Å². The summed E-state index contributed by atoms with van der Waals surface area (Å²) in [5.74, 6) is 0.896. The van der Waals surface area contributed by atoms with E-state index < -0.39 is 0 Å². The van der Waals surface area contributed by atoms with Crippen molar-refractivity contribution < 1.29 is 4.74 Å². The Morgan fingerprint density at radius 1 is 1.10 bits per heavy atom. The minimum atomic E-state index is 0.896. The average molecular weight is 285 g/mol. The first kappa shape index (κ1) is 14.1. The van der Waals surface area contributed by atoms with Gasteiger partial charge in [-0.2, -0.15) is 5.10 Å². The summed E-state index contributed by atoms with van der Waals surface area (Å²) in [5.41, 5.74) is 2.22. The smallest absolute Gasteiger partial charge is 0.126 e. The first-order chi connectivity index (χ1) is 10.4. The number of aromatic nitrogens is 2. The van der Waals surface area contributed by atoms with Crippen LogP contribution in [0.25, 0.3) is 11.1 Å². The first-order valence-corrected chi connectivity index (χ1v) is 7.75. The van der Waals surface area contributed by atoms with Gasteiger partial charge in [0.1, 0.15) is 5.75 Å². The van der Waals surface area contributed by atoms with Crippen LogP contribution in [-0.4, -0.2) is 41.4 Å². The van der Waals surface area contributed by atoms with Crippen molar-refractivity contribution in [3.05, 3.63) is 36.7 Å². The molecule has 0 bridgehead atoms. The molecule has 0 N–H and O–H groups in total. The van der Waals surface area contributed by atoms with Gasteiger partial charge >= 0.3 is 0 Å². The molecule has 4 heteroatoms. The van der Waals surface area contributed by atoms with Crippen LogP contribution in [0.5, 0.6) is 5.75 Å². The van der Waals surface area contributed by atoms with E-state index in [1.807, 2.05) is 29.1 Å². The lowest BCUT2D eigenvalue weighted by molar-refractivity contribution is 0.218. The summed E-state index contributed by atoms with van der Waals surface area (Å²) in [4.78, 5) is 2.54. The highest BCUT2D eigenvalue weighted by atomic mass is 16.5. The van der Waals surface area contributed by atoms with E-state index in [1.54, 1.807) is 7.11 Å². The Morgan fingerprint density at radius 3 is 2.71 bits per heavy atom. The van der Waals surface area contributed by atoms with Crippen LogP contribution in [0.3, 0.4) is 0 Å². The van der Waals surface area contributed by atoms with E-state index in [0.717, 1.165) is 30.0 Å². The third kappa shape index (κ3) is 3.45. The van der Waals surface area contributed by atoms with Gasteiger partial charge in [0.25, 0.3) is 0 Å². The fourth-order valence-electron chi connectivity index (χ4n) is 2.93. The zero-order chi connectivity index (χ0) is 14.5. The maximum absolute atomic E-state index is 5.42. The topological polar surface area (TPSA) is 30.3 Å². The number of benzene rings is 1. The minimum Gasteiger partial charge on any atom is -0.496 e. The van der Waals surface area contributed by atoms with E-state index in [1.165, 1.54) is 32.4 Å². The molecule has 0 saturated carbocycles. The normalized spacial score (nSPS) is 16.0. The number of piperidine rings is 1. The van der Waals surface area contributed by atoms with Gasteiger partial charge in [0.05, 0.1) is 19.9 Å². The Morgan fingerprint density at radius 2 is 1.90 bits per heavy atom. The summed E-state index contributed by atoms with van der Waals surface area (Å²) in [5, 5.41) is 4.49. The molecule has 0 spiro atoms. The Kier molecular flexibility index (Phi) is 4.55. The molecule has 0 aliphatic carbocycles. The highest BCUT2D eigenvalue weighted by Gasteiger charge is 2.11. The van der Waals surface area contributed by atoms with Gasteiger partial charge < -0.3 is 9.64 Å². The standard InChI is InChI=1S/C17H23N3O/c1-21-17-8-4-3-7-16(17)15-13-18-20(14-15)12-11-19-9-5-2-6-10-19/h3-4,7-8,13-14H,2,5-6,9-12H2,1H3. The van der Waals surface area contributed by atoms with Crippen LogP contribution in [0.4, 0.5) is 0 Å². The molecule has 0 amide bonds. The molecule has 0 radical (unpaired) electrons. The van der Waals surface area contributed by atoms with E-state index in [4.69, 9.17) is 4.74 Å². The molecule has 2 aromatic rings. The summed E-state index contributed by atoms with van der Waals surface area (Å²) >= 11 is 0. The summed E-state index contributed by atoms with van der Waals surface area (Å²) in [6.07, 6.45) is 8.10. The van der Waals surface area contributed by atoms with E-state index in [-0.39, 0.29) is 0 Å². The zero-order valence-corrected chi connectivity index (χ0v) is 12.7. The molecule has 1 fully saturated rings. The van der Waals surface area contributed by atoms with E-state index in [9.17, 15) is 0 Å². The monoisotopic (exact) mass is 285 g/mol. The average Bonchev–Trinajstić information content (AvgIpc) is 3.02. The summed E-state index contributed by atoms with van der Waals surface area (Å²) in [6.45, 7) is 4.52. The van der Waals surface area contributed by atoms with Gasteiger partial charge in [0.15, 0.2) is 0 Å². The highest BCUT2D eigenvalue weighted by Crippen LogP contribution is 2.28. The number of hydrogen-bond donors (Lipinski definition) is 0. The molecule has 3 rings (SSSR count). The number of ether oxygens (including phenoxy) is 1. The van der Waals surface area contributed by atoms with Gasteiger partial charge in [-0.15, -0.1) is 0 Å². The number of hydrogen-bond acceptors (Lipinski definition) is 3. The van der Waals surface area contributed by atoms with Crippen LogP contribution in [0.1, 0.15) is 19.3 Å². The summed E-state index contributed by atoms with van der Waals surface area (Å²) in [6, 6.07) is 8.08. The maximum Gasteiger partial charge on any atom is 0.126 e. The number of methoxy groups -OCH3 is 1. The van der Waals surface area contributed by atoms with Crippen molar-refractivity contribution in [2.45, 2.75) is 25.8 Å². The van der Waals surface area contributed by atoms with Crippen molar-refractivity contribution in [2.75, 3.05) is 26.7 Å². The van der Waals surface area contributed by atoms with Crippen LogP contribution in [0.2, 0.25) is 0 Å². The van der Waals surface area contributed by atoms with Crippen LogP contribution < -0.4 is 4.74 Å². The third-order valence-corrected chi connectivity index (χ3v) is 4.15. The molecular formula is C17H23N3O. The van der Waals surface area contributed by atoms with Gasteiger partial charge in [0.2, 0.25) is 0 Å². The third-order valence-electron chi connectivity index (χ3n) is 4.15. The van der Waals surface area contributed by atoms with E-state index >= 15 is 0 Å². The van der Waals surface area contributed by atoms with Crippen molar-refractivity contribution in [1.82, 2.24) is 14.7 Å². The second-order valence-electron chi connectivity index (χ2n) is 5.59. The lowest BCUT2D eigenvalue weighted by atomic mass is 10.1. The minimum absolute atomic E-state index is 0.896. The highest BCUT2D eigenvalue weighted by molar-refractivity contribution is 5.69. The SMILES string of the molecule is COc1ccccc1-c1cnn(CCN2CCCCC2)c1. The molecule has 21 heavy (non-hydrogen) atoms. The molecule has 2 heterocycles. The van der Waals surface area contributed by atoms with Crippen LogP contribution in [0, 0.1) is 0 Å². The molecule has 0 atom stereocenters. The van der Waals surface area contributed by atoms with Crippen molar-refractivity contribution >= 4 is 0 Å². The maximum atomic E-state index is 5.42. The molecule has 1 aromatic carbocycles. The van der Waals surface area contributed by atoms with Crippen LogP contribution in [0.15, 0.2) is 36.7 Å². The Hall–Kier alpha value is -1.81. The van der Waals surface area contributed by atoms with Crippen LogP contribution >= 0.6 is 0 Å². The fourth-order valence-corrected chi connectivity index (χ4v) is 2.93. The second-order valence-corrected chi connectivity index (χ2v) is 5.59. The van der Waals surface area contributed by atoms with Gasteiger partial charge in [-0.05, 0) is 32.0 Å². The quantitative estimate of drug-likeness (QED) is 0.846. The van der Waals surface area contributed by atoms with E-state index in [2.05, 4.69) is 22.3 Å². The number of para-hydroxylation sites is 1. The van der Waals surface area contributed by atoms with E-state index in [0.29, 0.717) is 0 Å². The predicted octanol–water partition coefficient (Wildman–Crippen LogP) is 3.04. The second kappa shape index (κ2) is 6.76. The number of likely N-dealkylation sites (tertiary alicyclic amines) is 1. The predicted molar refractivity (Wildman–Crippen MR) is 84.5 cm³/mol. The largest absolute Gasteiger partial charge is 0.496 e. The fraction of sp³-hybridized carbons (Fsp3) is 0.471.